The molecule has 5 heterocycles. The zero-order valence-corrected chi connectivity index (χ0v) is 30.0. The molecular weight excluding hydrogens is 628 g/mol. The molecule has 48 heavy (non-hydrogen) atoms. The summed E-state index contributed by atoms with van der Waals surface area (Å²) in [6.07, 6.45) is 13.5. The third-order valence-corrected chi connectivity index (χ3v) is 17.1. The van der Waals surface area contributed by atoms with Crippen molar-refractivity contribution in [3.63, 3.8) is 0 Å². The maximum Gasteiger partial charge on any atom is 0.278 e. The second-order valence-corrected chi connectivity index (χ2v) is 20.3. The Bertz CT molecular complexity index is 1590. The van der Waals surface area contributed by atoms with Gasteiger partial charge in [-0.2, -0.15) is 8.42 Å². The lowest BCUT2D eigenvalue weighted by atomic mass is 9.56. The molecule has 0 aromatic rings. The van der Waals surface area contributed by atoms with Gasteiger partial charge in [-0.15, -0.1) is 0 Å². The van der Waals surface area contributed by atoms with E-state index in [0.29, 0.717) is 73.3 Å². The molecule has 0 aromatic carbocycles. The summed E-state index contributed by atoms with van der Waals surface area (Å²) in [5.41, 5.74) is 5.65. The van der Waals surface area contributed by atoms with E-state index in [1.165, 1.54) is 22.6 Å². The standard InChI is InChI=1S/C38H56N2O7S/c1-36(2)32-24-9-7-22(38(41,42)43)17-20(24)5-11-28(32)39-15-13-30-26(34(36)39)19-27-31(47-30)14-16-40-29-12-6-21-18-23(48(44,45)46)8-10-25(21)33(29)37(3,4)35(27)40/h19-25,28-33,41-43H,5-18H2,1-4H3/p+1. The van der Waals surface area contributed by atoms with Crippen molar-refractivity contribution >= 4 is 15.8 Å². The fraction of sp³-hybridized carbons (Fsp3) is 0.868. The fourth-order valence-electron chi connectivity index (χ4n) is 14.3. The van der Waals surface area contributed by atoms with Crippen LogP contribution in [0.3, 0.4) is 0 Å². The molecular formula is C38H57N2O7S+. The summed E-state index contributed by atoms with van der Waals surface area (Å²) in [6, 6.07) is 0.975. The summed E-state index contributed by atoms with van der Waals surface area (Å²) in [5.74, 6) is -0.333. The van der Waals surface area contributed by atoms with Gasteiger partial charge in [-0.1, -0.05) is 13.8 Å². The lowest BCUT2D eigenvalue weighted by Gasteiger charge is -2.49. The van der Waals surface area contributed by atoms with Crippen LogP contribution in [0.1, 0.15) is 105 Å². The van der Waals surface area contributed by atoms with Gasteiger partial charge < -0.3 is 25.0 Å². The number of fused-ring (bicyclic) bond motifs is 12. The van der Waals surface area contributed by atoms with Crippen LogP contribution < -0.4 is 0 Å². The van der Waals surface area contributed by atoms with Crippen molar-refractivity contribution in [1.82, 2.24) is 4.90 Å². The Kier molecular flexibility index (Phi) is 7.22. The third-order valence-electron chi connectivity index (χ3n) is 15.8. The Morgan fingerprint density at radius 3 is 2.29 bits per heavy atom. The molecule has 266 valence electrons. The minimum atomic E-state index is -4.00. The van der Waals surface area contributed by atoms with Gasteiger partial charge in [0.25, 0.3) is 16.1 Å². The molecule has 12 unspecified atom stereocenters. The third kappa shape index (κ3) is 4.57. The maximum absolute atomic E-state index is 12.1. The second kappa shape index (κ2) is 10.6. The fourth-order valence-corrected chi connectivity index (χ4v) is 15.2. The van der Waals surface area contributed by atoms with Crippen LogP contribution in [0.2, 0.25) is 0 Å². The van der Waals surface area contributed by atoms with E-state index >= 15 is 0 Å². The van der Waals surface area contributed by atoms with E-state index in [2.05, 4.69) is 43.2 Å². The summed E-state index contributed by atoms with van der Waals surface area (Å²) < 4.78 is 44.0. The summed E-state index contributed by atoms with van der Waals surface area (Å²) >= 11 is 0. The van der Waals surface area contributed by atoms with Gasteiger partial charge in [-0.05, 0) is 114 Å². The first kappa shape index (κ1) is 32.6. The zero-order chi connectivity index (χ0) is 33.7. The van der Waals surface area contributed by atoms with Crippen molar-refractivity contribution in [3.05, 3.63) is 22.9 Å². The van der Waals surface area contributed by atoms with Crippen molar-refractivity contribution in [1.29, 1.82) is 0 Å². The Morgan fingerprint density at radius 1 is 0.833 bits per heavy atom. The molecule has 9 nitrogen and oxygen atoms in total. The topological polar surface area (TPSA) is 131 Å². The number of hydrogen-bond donors (Lipinski definition) is 4. The lowest BCUT2D eigenvalue weighted by Crippen LogP contribution is -2.50. The Balaban J connectivity index is 1.07. The van der Waals surface area contributed by atoms with Gasteiger partial charge in [0.15, 0.2) is 11.8 Å². The van der Waals surface area contributed by atoms with Crippen molar-refractivity contribution in [2.24, 2.45) is 52.3 Å². The van der Waals surface area contributed by atoms with Crippen molar-refractivity contribution in [3.8, 4) is 0 Å². The average Bonchev–Trinajstić information content (AvgIpc) is 3.42. The van der Waals surface area contributed by atoms with Crippen LogP contribution in [0, 0.1) is 52.3 Å². The van der Waals surface area contributed by atoms with Gasteiger partial charge in [0.2, 0.25) is 0 Å². The van der Waals surface area contributed by atoms with E-state index < -0.39 is 27.3 Å². The first-order chi connectivity index (χ1) is 22.6. The van der Waals surface area contributed by atoms with Gasteiger partial charge in [0.1, 0.15) is 6.54 Å². The molecule has 9 rings (SSSR count). The minimum Gasteiger partial charge on any atom is -0.371 e. The van der Waals surface area contributed by atoms with E-state index in [1.807, 2.05) is 0 Å². The van der Waals surface area contributed by atoms with Crippen LogP contribution in [0.5, 0.6) is 0 Å². The molecule has 10 heteroatoms. The van der Waals surface area contributed by atoms with Gasteiger partial charge in [0.05, 0.1) is 22.9 Å². The number of hydrogen-bond acceptors (Lipinski definition) is 7. The van der Waals surface area contributed by atoms with Crippen LogP contribution in [-0.2, 0) is 14.9 Å². The highest BCUT2D eigenvalue weighted by molar-refractivity contribution is 7.86. The molecule has 0 amide bonds. The van der Waals surface area contributed by atoms with Gasteiger partial charge in [-0.3, -0.25) is 4.55 Å². The van der Waals surface area contributed by atoms with Gasteiger partial charge >= 0.3 is 0 Å². The van der Waals surface area contributed by atoms with Crippen molar-refractivity contribution in [2.75, 3.05) is 13.1 Å². The summed E-state index contributed by atoms with van der Waals surface area (Å²) in [7, 11) is -4.00. The smallest absolute Gasteiger partial charge is 0.278 e. The Labute approximate surface area is 286 Å². The lowest BCUT2D eigenvalue weighted by molar-refractivity contribution is -0.573. The first-order valence-electron chi connectivity index (χ1n) is 19.2. The molecule has 0 spiro atoms. The largest absolute Gasteiger partial charge is 0.371 e. The number of rotatable bonds is 2. The molecule has 4 N–H and O–H groups in total. The van der Waals surface area contributed by atoms with E-state index in [-0.39, 0.29) is 23.0 Å². The van der Waals surface area contributed by atoms with E-state index in [1.54, 1.807) is 0 Å². The van der Waals surface area contributed by atoms with Crippen molar-refractivity contribution < 1.29 is 37.6 Å². The average molecular weight is 686 g/mol. The van der Waals surface area contributed by atoms with E-state index in [9.17, 15) is 28.3 Å². The molecule has 0 bridgehead atoms. The normalized spacial score (nSPS) is 45.9. The molecule has 5 aliphatic heterocycles. The van der Waals surface area contributed by atoms with Gasteiger partial charge in [0, 0.05) is 59.5 Å². The highest BCUT2D eigenvalue weighted by atomic mass is 32.2. The number of nitrogens with zero attached hydrogens (tertiary/aromatic N) is 2. The molecule has 0 radical (unpaired) electrons. The summed E-state index contributed by atoms with van der Waals surface area (Å²) in [6.45, 7) is 11.9. The number of ether oxygens (including phenoxy) is 1. The second-order valence-electron chi connectivity index (χ2n) is 18.6. The number of allylic oxidation sites excluding steroid dienone is 1. The molecule has 9 aliphatic rings. The number of aliphatic hydroxyl groups is 3. The quantitative estimate of drug-likeness (QED) is 0.190. The monoisotopic (exact) mass is 685 g/mol. The maximum atomic E-state index is 12.1. The molecule has 4 aliphatic carbocycles. The predicted octanol–water partition coefficient (Wildman–Crippen LogP) is 4.47. The van der Waals surface area contributed by atoms with E-state index in [0.717, 1.165) is 64.5 Å². The predicted molar refractivity (Wildman–Crippen MR) is 180 cm³/mol. The van der Waals surface area contributed by atoms with Crippen LogP contribution in [0.15, 0.2) is 22.9 Å². The van der Waals surface area contributed by atoms with Crippen LogP contribution in [0.4, 0.5) is 0 Å². The van der Waals surface area contributed by atoms with Crippen molar-refractivity contribution in [2.45, 2.75) is 140 Å². The highest BCUT2D eigenvalue weighted by Gasteiger charge is 2.65. The minimum absolute atomic E-state index is 0.0338. The Morgan fingerprint density at radius 2 is 1.54 bits per heavy atom. The summed E-state index contributed by atoms with van der Waals surface area (Å²) in [5, 5.41) is 29.5. The molecule has 4 saturated carbocycles. The molecule has 12 atom stereocenters. The van der Waals surface area contributed by atoms with Crippen LogP contribution in [-0.4, -0.2) is 92.1 Å². The zero-order valence-electron chi connectivity index (χ0n) is 29.2. The molecule has 5 fully saturated rings. The summed E-state index contributed by atoms with van der Waals surface area (Å²) in [4.78, 5) is 2.76. The first-order valence-corrected chi connectivity index (χ1v) is 20.7. The van der Waals surface area contributed by atoms with E-state index in [4.69, 9.17) is 4.74 Å². The molecule has 0 aromatic heterocycles. The van der Waals surface area contributed by atoms with Crippen LogP contribution in [0.25, 0.3) is 0 Å². The molecule has 1 saturated heterocycles. The van der Waals surface area contributed by atoms with Crippen LogP contribution >= 0.6 is 0 Å². The Hall–Kier alpha value is -1.30. The highest BCUT2D eigenvalue weighted by Crippen LogP contribution is 2.63. The SMILES string of the molecule is CC1(C)C2=C3C=C4C5=[N+](CCC4OC3CCN2C2CCC3CC(C(O)(O)O)CCC3C21)C1CCC2CC(S(=O)(=O)O)CCC2C1C5(C)C. The van der Waals surface area contributed by atoms with Gasteiger partial charge in [-0.25, -0.2) is 4.58 Å².